The molecule has 0 aliphatic carbocycles. The molecule has 1 aliphatic heterocycles. The minimum absolute atomic E-state index is 0.00797. The molecule has 0 radical (unpaired) electrons. The van der Waals surface area contributed by atoms with E-state index in [0.717, 1.165) is 12.0 Å². The molecule has 4 nitrogen and oxygen atoms in total. The first-order chi connectivity index (χ1) is 8.70. The van der Waals surface area contributed by atoms with Crippen molar-refractivity contribution in [3.05, 3.63) is 41.4 Å². The summed E-state index contributed by atoms with van der Waals surface area (Å²) in [6, 6.07) is 3.91. The first-order valence-electron chi connectivity index (χ1n) is 6.13. The van der Waals surface area contributed by atoms with Crippen molar-refractivity contribution in [2.75, 3.05) is 6.61 Å². The summed E-state index contributed by atoms with van der Waals surface area (Å²) >= 11 is 0. The smallest absolute Gasteiger partial charge is 0.337 e. The quantitative estimate of drug-likeness (QED) is 0.766. The van der Waals surface area contributed by atoms with Gasteiger partial charge in [-0.05, 0) is 25.5 Å². The maximum atomic E-state index is 11.7. The van der Waals surface area contributed by atoms with Crippen molar-refractivity contribution >= 4 is 5.97 Å². The van der Waals surface area contributed by atoms with Crippen LogP contribution in [0.15, 0.2) is 35.9 Å². The summed E-state index contributed by atoms with van der Waals surface area (Å²) in [6.07, 6.45) is 4.94. The van der Waals surface area contributed by atoms with E-state index in [4.69, 9.17) is 9.47 Å². The number of carbonyl (C=O) groups is 1. The van der Waals surface area contributed by atoms with E-state index in [1.807, 2.05) is 25.3 Å². The van der Waals surface area contributed by atoms with Gasteiger partial charge in [-0.2, -0.15) is 0 Å². The van der Waals surface area contributed by atoms with E-state index in [0.29, 0.717) is 24.4 Å². The van der Waals surface area contributed by atoms with Crippen molar-refractivity contribution in [3.63, 3.8) is 0 Å². The van der Waals surface area contributed by atoms with Crippen LogP contribution < -0.4 is 0 Å². The van der Waals surface area contributed by atoms with Crippen LogP contribution in [0.2, 0.25) is 0 Å². The average molecular weight is 247 g/mol. The third kappa shape index (κ3) is 2.88. The second kappa shape index (κ2) is 5.67. The third-order valence-electron chi connectivity index (χ3n) is 2.91. The van der Waals surface area contributed by atoms with Crippen molar-refractivity contribution in [2.24, 2.45) is 0 Å². The first kappa shape index (κ1) is 12.6. The molecule has 0 N–H and O–H groups in total. The highest BCUT2D eigenvalue weighted by Crippen LogP contribution is 2.27. The molecular formula is C14H17NO3. The predicted molar refractivity (Wildman–Crippen MR) is 66.8 cm³/mol. The molecule has 0 fully saturated rings. The van der Waals surface area contributed by atoms with Crippen LogP contribution in [0.1, 0.15) is 25.8 Å². The van der Waals surface area contributed by atoms with Gasteiger partial charge >= 0.3 is 5.97 Å². The van der Waals surface area contributed by atoms with Crippen LogP contribution in [-0.2, 0) is 20.7 Å². The summed E-state index contributed by atoms with van der Waals surface area (Å²) in [5.41, 5.74) is 1.77. The molecule has 0 saturated carbocycles. The summed E-state index contributed by atoms with van der Waals surface area (Å²) in [5, 5.41) is 0. The number of nitrogens with zero attached hydrogens (tertiary/aromatic N) is 1. The normalized spacial score (nSPS) is 18.7. The predicted octanol–water partition coefficient (Wildman–Crippen LogP) is 2.25. The first-order valence-corrected chi connectivity index (χ1v) is 6.13. The molecule has 0 amide bonds. The Kier molecular flexibility index (Phi) is 3.97. The van der Waals surface area contributed by atoms with Gasteiger partial charge in [0.1, 0.15) is 11.9 Å². The zero-order chi connectivity index (χ0) is 13.0. The lowest BCUT2D eigenvalue weighted by Crippen LogP contribution is -2.12. The van der Waals surface area contributed by atoms with Crippen LogP contribution in [0.4, 0.5) is 0 Å². The molecule has 2 rings (SSSR count). The van der Waals surface area contributed by atoms with E-state index < -0.39 is 0 Å². The second-order valence-corrected chi connectivity index (χ2v) is 4.26. The topological polar surface area (TPSA) is 48.4 Å². The maximum absolute atomic E-state index is 11.7. The Labute approximate surface area is 107 Å². The molecular weight excluding hydrogens is 230 g/mol. The van der Waals surface area contributed by atoms with Crippen molar-refractivity contribution in [2.45, 2.75) is 32.8 Å². The van der Waals surface area contributed by atoms with Gasteiger partial charge in [0.2, 0.25) is 0 Å². The van der Waals surface area contributed by atoms with E-state index in [9.17, 15) is 4.79 Å². The Balaban J connectivity index is 1.96. The zero-order valence-electron chi connectivity index (χ0n) is 10.7. The summed E-state index contributed by atoms with van der Waals surface area (Å²) in [6.45, 7) is 4.01. The number of pyridine rings is 1. The Morgan fingerprint density at radius 2 is 2.44 bits per heavy atom. The number of hydrogen-bond acceptors (Lipinski definition) is 4. The van der Waals surface area contributed by atoms with Crippen LogP contribution in [0.25, 0.3) is 0 Å². The zero-order valence-corrected chi connectivity index (χ0v) is 10.7. The molecule has 1 aliphatic rings. The molecule has 0 saturated heterocycles. The lowest BCUT2D eigenvalue weighted by atomic mass is 10.0. The van der Waals surface area contributed by atoms with Gasteiger partial charge in [0, 0.05) is 25.2 Å². The van der Waals surface area contributed by atoms with Gasteiger partial charge in [0.15, 0.2) is 0 Å². The van der Waals surface area contributed by atoms with Gasteiger partial charge in [-0.25, -0.2) is 4.79 Å². The van der Waals surface area contributed by atoms with Crippen LogP contribution in [0.3, 0.4) is 0 Å². The van der Waals surface area contributed by atoms with E-state index in [1.165, 1.54) is 0 Å². The Morgan fingerprint density at radius 3 is 3.11 bits per heavy atom. The summed E-state index contributed by atoms with van der Waals surface area (Å²) in [7, 11) is 0. The number of aromatic nitrogens is 1. The molecule has 1 aromatic rings. The summed E-state index contributed by atoms with van der Waals surface area (Å²) < 4.78 is 10.7. The summed E-state index contributed by atoms with van der Waals surface area (Å²) in [4.78, 5) is 15.7. The highest BCUT2D eigenvalue weighted by Gasteiger charge is 2.28. The molecule has 18 heavy (non-hydrogen) atoms. The number of rotatable bonds is 4. The van der Waals surface area contributed by atoms with Crippen LogP contribution in [-0.4, -0.2) is 23.7 Å². The lowest BCUT2D eigenvalue weighted by molar-refractivity contribution is -0.138. The molecule has 96 valence electrons. The summed E-state index contributed by atoms with van der Waals surface area (Å²) in [5.74, 6) is 0.422. The van der Waals surface area contributed by atoms with E-state index >= 15 is 0 Å². The SMILES string of the molecule is CCOC(=O)C1=C(C)OC(Cc2cccnc2)C1. The maximum Gasteiger partial charge on any atom is 0.337 e. The number of ether oxygens (including phenoxy) is 2. The van der Waals surface area contributed by atoms with Crippen molar-refractivity contribution in [1.29, 1.82) is 0 Å². The molecule has 0 bridgehead atoms. The van der Waals surface area contributed by atoms with Crippen molar-refractivity contribution < 1.29 is 14.3 Å². The van der Waals surface area contributed by atoms with Gasteiger partial charge in [0.25, 0.3) is 0 Å². The van der Waals surface area contributed by atoms with Gasteiger partial charge in [0.05, 0.1) is 12.2 Å². The van der Waals surface area contributed by atoms with Crippen LogP contribution >= 0.6 is 0 Å². The standard InChI is InChI=1S/C14H17NO3/c1-3-17-14(16)13-8-12(18-10(13)2)7-11-5-4-6-15-9-11/h4-6,9,12H,3,7-8H2,1-2H3. The van der Waals surface area contributed by atoms with Gasteiger partial charge in [-0.3, -0.25) is 4.98 Å². The number of carbonyl (C=O) groups excluding carboxylic acids is 1. The van der Waals surface area contributed by atoms with Crippen LogP contribution in [0.5, 0.6) is 0 Å². The molecule has 1 aromatic heterocycles. The highest BCUT2D eigenvalue weighted by molar-refractivity contribution is 5.89. The van der Waals surface area contributed by atoms with E-state index in [1.54, 1.807) is 13.1 Å². The fraction of sp³-hybridized carbons (Fsp3) is 0.429. The number of esters is 1. The highest BCUT2D eigenvalue weighted by atomic mass is 16.5. The monoisotopic (exact) mass is 247 g/mol. The Bertz CT molecular complexity index is 453. The minimum Gasteiger partial charge on any atom is -0.494 e. The molecule has 4 heteroatoms. The van der Waals surface area contributed by atoms with Crippen molar-refractivity contribution in [1.82, 2.24) is 4.98 Å². The number of allylic oxidation sites excluding steroid dienone is 1. The second-order valence-electron chi connectivity index (χ2n) is 4.26. The minimum atomic E-state index is -0.260. The van der Waals surface area contributed by atoms with E-state index in [-0.39, 0.29) is 12.1 Å². The average Bonchev–Trinajstić information content (AvgIpc) is 2.72. The van der Waals surface area contributed by atoms with Crippen molar-refractivity contribution in [3.8, 4) is 0 Å². The molecule has 1 unspecified atom stereocenters. The molecule has 0 aromatic carbocycles. The third-order valence-corrected chi connectivity index (χ3v) is 2.91. The Hall–Kier alpha value is -1.84. The Morgan fingerprint density at radius 1 is 1.61 bits per heavy atom. The van der Waals surface area contributed by atoms with E-state index in [2.05, 4.69) is 4.98 Å². The van der Waals surface area contributed by atoms with Gasteiger partial charge in [-0.15, -0.1) is 0 Å². The van der Waals surface area contributed by atoms with Gasteiger partial charge in [-0.1, -0.05) is 6.07 Å². The molecule has 1 atom stereocenters. The fourth-order valence-electron chi connectivity index (χ4n) is 2.08. The van der Waals surface area contributed by atoms with Gasteiger partial charge < -0.3 is 9.47 Å². The number of hydrogen-bond donors (Lipinski definition) is 0. The largest absolute Gasteiger partial charge is 0.494 e. The lowest BCUT2D eigenvalue weighted by Gasteiger charge is -2.10. The fourth-order valence-corrected chi connectivity index (χ4v) is 2.08. The molecule has 0 spiro atoms. The molecule has 2 heterocycles. The van der Waals surface area contributed by atoms with Crippen LogP contribution in [0, 0.1) is 0 Å².